The monoisotopic (exact) mass is 222 g/mol. The lowest BCUT2D eigenvalue weighted by molar-refractivity contribution is 0.101. The molecule has 0 aliphatic carbocycles. The van der Waals surface area contributed by atoms with Crippen LogP contribution in [0.1, 0.15) is 10.5 Å². The van der Waals surface area contributed by atoms with Crippen molar-refractivity contribution in [3.8, 4) is 5.75 Å². The van der Waals surface area contributed by atoms with Crippen LogP contribution in [0.5, 0.6) is 5.75 Å². The van der Waals surface area contributed by atoms with Gasteiger partial charge in [-0.25, -0.2) is 4.39 Å². The van der Waals surface area contributed by atoms with Gasteiger partial charge in [-0.05, 0) is 6.07 Å². The normalized spacial score (nSPS) is 10.1. The predicted octanol–water partition coefficient (Wildman–Crippen LogP) is 1.77. The summed E-state index contributed by atoms with van der Waals surface area (Å²) in [5.74, 6) is -1.45. The van der Waals surface area contributed by atoms with Gasteiger partial charge in [0.15, 0.2) is 5.69 Å². The van der Waals surface area contributed by atoms with E-state index in [-0.39, 0.29) is 17.1 Å². The number of rotatable bonds is 2. The molecule has 0 aliphatic rings. The summed E-state index contributed by atoms with van der Waals surface area (Å²) in [4.78, 5) is 11.5. The second-order valence-corrected chi connectivity index (χ2v) is 3.04. The topological polar surface area (TPSA) is 75.4 Å². The van der Waals surface area contributed by atoms with Crippen molar-refractivity contribution >= 4 is 11.6 Å². The summed E-state index contributed by atoms with van der Waals surface area (Å²) >= 11 is 0. The van der Waals surface area contributed by atoms with E-state index in [9.17, 15) is 9.18 Å². The minimum atomic E-state index is -0.643. The third-order valence-electron chi connectivity index (χ3n) is 1.81. The van der Waals surface area contributed by atoms with Crippen LogP contribution in [0, 0.1) is 5.82 Å². The zero-order valence-electron chi connectivity index (χ0n) is 7.98. The number of phenols is 1. The van der Waals surface area contributed by atoms with Gasteiger partial charge in [0.05, 0.1) is 0 Å². The lowest BCUT2D eigenvalue weighted by atomic mass is 10.3. The van der Waals surface area contributed by atoms with E-state index in [2.05, 4.69) is 15.0 Å². The number of hydrogen-bond donors (Lipinski definition) is 2. The summed E-state index contributed by atoms with van der Waals surface area (Å²) in [6.45, 7) is 0. The predicted molar refractivity (Wildman–Crippen MR) is 52.5 cm³/mol. The minimum Gasteiger partial charge on any atom is -0.508 e. The number of nitrogens with one attached hydrogen (secondary N) is 1. The number of aromatic hydroxyl groups is 1. The van der Waals surface area contributed by atoms with Crippen LogP contribution in [0.25, 0.3) is 0 Å². The number of phenolic OH excluding ortho intramolecular Hbond substituents is 1. The van der Waals surface area contributed by atoms with Gasteiger partial charge in [-0.2, -0.15) is 0 Å². The molecule has 2 aromatic rings. The third-order valence-corrected chi connectivity index (χ3v) is 1.81. The Balaban J connectivity index is 2.18. The number of aromatic nitrogens is 1. The summed E-state index contributed by atoms with van der Waals surface area (Å²) in [7, 11) is 0. The van der Waals surface area contributed by atoms with Crippen molar-refractivity contribution < 1.29 is 18.8 Å². The first-order valence-corrected chi connectivity index (χ1v) is 4.36. The van der Waals surface area contributed by atoms with E-state index in [1.54, 1.807) is 0 Å². The van der Waals surface area contributed by atoms with E-state index in [0.29, 0.717) is 0 Å². The highest BCUT2D eigenvalue weighted by atomic mass is 19.1. The Morgan fingerprint density at radius 2 is 2.25 bits per heavy atom. The van der Waals surface area contributed by atoms with Crippen LogP contribution in [0.4, 0.5) is 10.1 Å². The molecule has 1 amide bonds. The summed E-state index contributed by atoms with van der Waals surface area (Å²) in [6.07, 6.45) is 1.25. The number of amides is 1. The Hall–Kier alpha value is -2.37. The van der Waals surface area contributed by atoms with E-state index in [1.807, 2.05) is 0 Å². The lowest BCUT2D eigenvalue weighted by Gasteiger charge is -2.03. The molecule has 5 nitrogen and oxygen atoms in total. The van der Waals surface area contributed by atoms with Crippen molar-refractivity contribution in [3.63, 3.8) is 0 Å². The molecular weight excluding hydrogens is 215 g/mol. The molecule has 2 rings (SSSR count). The van der Waals surface area contributed by atoms with Crippen LogP contribution >= 0.6 is 0 Å². The van der Waals surface area contributed by atoms with Gasteiger partial charge in [0.2, 0.25) is 0 Å². The maximum atomic E-state index is 12.9. The molecular formula is C10H7FN2O3. The fourth-order valence-electron chi connectivity index (χ4n) is 1.17. The lowest BCUT2D eigenvalue weighted by Crippen LogP contribution is -2.12. The molecule has 0 bridgehead atoms. The first kappa shape index (κ1) is 10.2. The molecule has 1 aromatic carbocycles. The van der Waals surface area contributed by atoms with Gasteiger partial charge in [0, 0.05) is 23.9 Å². The maximum absolute atomic E-state index is 12.9. The largest absolute Gasteiger partial charge is 0.508 e. The number of carbonyl (C=O) groups excluding carboxylic acids is 1. The first-order chi connectivity index (χ1) is 7.65. The fourth-order valence-corrected chi connectivity index (χ4v) is 1.17. The average molecular weight is 222 g/mol. The number of carbonyl (C=O) groups is 1. The third kappa shape index (κ3) is 2.17. The summed E-state index contributed by atoms with van der Waals surface area (Å²) in [6, 6.07) is 4.61. The smallest absolute Gasteiger partial charge is 0.277 e. The number of halogens is 1. The van der Waals surface area contributed by atoms with Gasteiger partial charge in [-0.15, -0.1) is 0 Å². The Labute approximate surface area is 89.5 Å². The molecule has 0 radical (unpaired) electrons. The molecule has 0 aliphatic heterocycles. The molecule has 16 heavy (non-hydrogen) atoms. The van der Waals surface area contributed by atoms with Crippen molar-refractivity contribution in [3.05, 3.63) is 42.0 Å². The van der Waals surface area contributed by atoms with E-state index in [1.165, 1.54) is 18.4 Å². The van der Waals surface area contributed by atoms with Gasteiger partial charge in [-0.3, -0.25) is 4.79 Å². The van der Waals surface area contributed by atoms with E-state index >= 15 is 0 Å². The van der Waals surface area contributed by atoms with Crippen LogP contribution in [-0.4, -0.2) is 16.2 Å². The Morgan fingerprint density at radius 1 is 1.44 bits per heavy atom. The van der Waals surface area contributed by atoms with E-state index in [0.717, 1.165) is 12.1 Å². The molecule has 0 fully saturated rings. The Bertz CT molecular complexity index is 491. The average Bonchev–Trinajstić information content (AvgIpc) is 2.68. The van der Waals surface area contributed by atoms with Crippen LogP contribution in [0.3, 0.4) is 0 Å². The molecule has 0 spiro atoms. The SMILES string of the molecule is O=C(Nc1cc(O)cc(F)c1)c1ccon1. The van der Waals surface area contributed by atoms with Crippen molar-refractivity contribution in [1.29, 1.82) is 0 Å². The quantitative estimate of drug-likeness (QED) is 0.811. The molecule has 6 heteroatoms. The number of hydrogen-bond acceptors (Lipinski definition) is 4. The summed E-state index contributed by atoms with van der Waals surface area (Å²) < 4.78 is 17.4. The van der Waals surface area contributed by atoms with Gasteiger partial charge in [-0.1, -0.05) is 5.16 Å². The molecule has 2 N–H and O–H groups in total. The van der Waals surface area contributed by atoms with Gasteiger partial charge in [0.25, 0.3) is 5.91 Å². The molecule has 0 unspecified atom stereocenters. The standard InChI is InChI=1S/C10H7FN2O3/c11-6-3-7(5-8(14)4-6)12-10(15)9-1-2-16-13-9/h1-5,14H,(H,12,15). The molecule has 82 valence electrons. The van der Waals surface area contributed by atoms with Crippen LogP contribution < -0.4 is 5.32 Å². The second kappa shape index (κ2) is 4.01. The highest BCUT2D eigenvalue weighted by Gasteiger charge is 2.10. The second-order valence-electron chi connectivity index (χ2n) is 3.04. The molecule has 1 aromatic heterocycles. The first-order valence-electron chi connectivity index (χ1n) is 4.36. The minimum absolute atomic E-state index is 0.0729. The zero-order chi connectivity index (χ0) is 11.5. The summed E-state index contributed by atoms with van der Waals surface area (Å²) in [5.41, 5.74) is 0.217. The van der Waals surface area contributed by atoms with Gasteiger partial charge in [0.1, 0.15) is 17.8 Å². The van der Waals surface area contributed by atoms with Crippen LogP contribution in [0.15, 0.2) is 35.1 Å². The number of anilines is 1. The highest BCUT2D eigenvalue weighted by Crippen LogP contribution is 2.19. The van der Waals surface area contributed by atoms with Gasteiger partial charge >= 0.3 is 0 Å². The van der Waals surface area contributed by atoms with Crippen LogP contribution in [0.2, 0.25) is 0 Å². The van der Waals surface area contributed by atoms with Gasteiger partial charge < -0.3 is 14.9 Å². The molecule has 0 saturated heterocycles. The van der Waals surface area contributed by atoms with Crippen LogP contribution in [-0.2, 0) is 0 Å². The Morgan fingerprint density at radius 3 is 2.88 bits per heavy atom. The van der Waals surface area contributed by atoms with Crippen molar-refractivity contribution in [2.24, 2.45) is 0 Å². The Kier molecular flexibility index (Phi) is 2.55. The van der Waals surface area contributed by atoms with E-state index < -0.39 is 11.7 Å². The van der Waals surface area contributed by atoms with Crippen molar-refractivity contribution in [1.82, 2.24) is 5.16 Å². The number of nitrogens with zero attached hydrogens (tertiary/aromatic N) is 1. The van der Waals surface area contributed by atoms with E-state index in [4.69, 9.17) is 5.11 Å². The molecule has 0 saturated carbocycles. The molecule has 0 atom stereocenters. The fraction of sp³-hybridized carbons (Fsp3) is 0. The number of benzene rings is 1. The van der Waals surface area contributed by atoms with Crippen molar-refractivity contribution in [2.75, 3.05) is 5.32 Å². The molecule has 1 heterocycles. The zero-order valence-corrected chi connectivity index (χ0v) is 7.98. The highest BCUT2D eigenvalue weighted by molar-refractivity contribution is 6.02. The summed E-state index contributed by atoms with van der Waals surface area (Å²) in [5, 5.41) is 14.9. The maximum Gasteiger partial charge on any atom is 0.277 e. The van der Waals surface area contributed by atoms with Crippen molar-refractivity contribution in [2.45, 2.75) is 0 Å².